The van der Waals surface area contributed by atoms with E-state index in [1.54, 1.807) is 0 Å². The smallest absolute Gasteiger partial charge is 0.453 e. The van der Waals surface area contributed by atoms with Crippen molar-refractivity contribution in [1.82, 2.24) is 0 Å². The number of rotatable bonds is 14. The topological polar surface area (TPSA) is 18.5 Å². The lowest BCUT2D eigenvalue weighted by Gasteiger charge is -2.19. The molecule has 0 aliphatic rings. The molecule has 0 heterocycles. The fourth-order valence-corrected chi connectivity index (χ4v) is 2.87. The first kappa shape index (κ1) is 20.3. The van der Waals surface area contributed by atoms with Gasteiger partial charge < -0.3 is 8.85 Å². The van der Waals surface area contributed by atoms with Crippen molar-refractivity contribution < 1.29 is 8.85 Å². The first-order valence-electron chi connectivity index (χ1n) is 8.78. The zero-order valence-corrected chi connectivity index (χ0v) is 15.7. The van der Waals surface area contributed by atoms with Gasteiger partial charge in [-0.05, 0) is 25.7 Å². The zero-order valence-electron chi connectivity index (χ0n) is 14.7. The lowest BCUT2D eigenvalue weighted by Crippen LogP contribution is -2.30. The van der Waals surface area contributed by atoms with Crippen molar-refractivity contribution in [2.24, 2.45) is 0 Å². The van der Waals surface area contributed by atoms with E-state index < -0.39 is 8.56 Å². The summed E-state index contributed by atoms with van der Waals surface area (Å²) in [6, 6.07) is 0. The van der Waals surface area contributed by atoms with Crippen LogP contribution in [0.4, 0.5) is 0 Å². The predicted molar refractivity (Wildman–Crippen MR) is 95.5 cm³/mol. The number of unbranched alkanes of at least 4 members (excludes halogenated alkanes) is 8. The van der Waals surface area contributed by atoms with Crippen LogP contribution in [0, 0.1) is 0 Å². The summed E-state index contributed by atoms with van der Waals surface area (Å²) in [6.07, 6.45) is 20.6. The van der Waals surface area contributed by atoms with E-state index in [1.165, 1.54) is 51.4 Å². The second-order valence-electron chi connectivity index (χ2n) is 6.08. The van der Waals surface area contributed by atoms with Crippen molar-refractivity contribution in [3.8, 4) is 0 Å². The van der Waals surface area contributed by atoms with Crippen LogP contribution in [0.1, 0.15) is 78.1 Å². The molecule has 0 aliphatic heterocycles. The van der Waals surface area contributed by atoms with Crippen LogP contribution in [-0.2, 0) is 8.85 Å². The summed E-state index contributed by atoms with van der Waals surface area (Å²) in [7, 11) is -2.03. The van der Waals surface area contributed by atoms with Gasteiger partial charge in [0.25, 0.3) is 0 Å². The molecule has 0 rings (SSSR count). The summed E-state index contributed by atoms with van der Waals surface area (Å²) in [4.78, 5) is 0. The van der Waals surface area contributed by atoms with Crippen molar-refractivity contribution in [2.45, 2.75) is 91.1 Å². The monoisotopic (exact) mass is 312 g/mol. The highest BCUT2D eigenvalue weighted by molar-refractivity contribution is 6.64. The van der Waals surface area contributed by atoms with Gasteiger partial charge in [0.15, 0.2) is 0 Å². The molecule has 0 N–H and O–H groups in total. The Morgan fingerprint density at radius 2 is 1.10 bits per heavy atom. The quantitative estimate of drug-likeness (QED) is 0.202. The van der Waals surface area contributed by atoms with Gasteiger partial charge in [0.2, 0.25) is 0 Å². The molecule has 124 valence electrons. The molecule has 0 aromatic rings. The minimum atomic E-state index is -2.03. The Morgan fingerprint density at radius 3 is 1.48 bits per heavy atom. The molecule has 0 radical (unpaired) electrons. The highest BCUT2D eigenvalue weighted by atomic mass is 28.4. The molecule has 0 unspecified atom stereocenters. The van der Waals surface area contributed by atoms with E-state index in [4.69, 9.17) is 8.85 Å². The molecule has 0 spiro atoms. The largest absolute Gasteiger partial charge is 0.519 e. The molecule has 0 saturated heterocycles. The molecule has 0 atom stereocenters. The van der Waals surface area contributed by atoms with E-state index in [1.807, 2.05) is 12.5 Å². The van der Waals surface area contributed by atoms with Crippen LogP contribution >= 0.6 is 0 Å². The van der Waals surface area contributed by atoms with Crippen LogP contribution in [0.2, 0.25) is 13.1 Å². The van der Waals surface area contributed by atoms with Crippen molar-refractivity contribution in [3.63, 3.8) is 0 Å². The van der Waals surface area contributed by atoms with Crippen molar-refractivity contribution in [2.75, 3.05) is 0 Å². The molecular formula is C18H36O2Si. The highest BCUT2D eigenvalue weighted by Gasteiger charge is 2.25. The van der Waals surface area contributed by atoms with Crippen LogP contribution in [-0.4, -0.2) is 8.56 Å². The molecule has 21 heavy (non-hydrogen) atoms. The molecule has 0 aromatic heterocycles. The molecule has 0 fully saturated rings. The van der Waals surface area contributed by atoms with Crippen LogP contribution in [0.5, 0.6) is 0 Å². The minimum Gasteiger partial charge on any atom is -0.519 e. The van der Waals surface area contributed by atoms with Gasteiger partial charge in [-0.3, -0.25) is 0 Å². The average molecular weight is 313 g/mol. The van der Waals surface area contributed by atoms with Crippen LogP contribution in [0.15, 0.2) is 24.7 Å². The second-order valence-corrected chi connectivity index (χ2v) is 9.35. The minimum absolute atomic E-state index is 1.11. The Hall–Kier alpha value is -0.703. The molecule has 0 bridgehead atoms. The Balaban J connectivity index is 3.62. The molecular weight excluding hydrogens is 276 g/mol. The summed E-state index contributed by atoms with van der Waals surface area (Å²) in [6.45, 7) is 8.63. The third kappa shape index (κ3) is 15.5. The van der Waals surface area contributed by atoms with Crippen molar-refractivity contribution in [3.05, 3.63) is 24.7 Å². The maximum Gasteiger partial charge on any atom is 0.453 e. The normalized spacial score (nSPS) is 12.4. The Kier molecular flexibility index (Phi) is 13.8. The summed E-state index contributed by atoms with van der Waals surface area (Å²) >= 11 is 0. The maximum atomic E-state index is 5.77. The molecule has 0 amide bonds. The Bertz CT molecular complexity index is 246. The SMILES string of the molecule is CCCCCCC=CO[Si](C)(C)OC=CCCCCCC. The first-order chi connectivity index (χ1) is 10.1. The Labute approximate surface area is 133 Å². The van der Waals surface area contributed by atoms with E-state index in [0.717, 1.165) is 12.8 Å². The lowest BCUT2D eigenvalue weighted by molar-refractivity contribution is 0.318. The van der Waals surface area contributed by atoms with E-state index in [-0.39, 0.29) is 0 Å². The third-order valence-electron chi connectivity index (χ3n) is 3.34. The molecule has 0 aromatic carbocycles. The second kappa shape index (κ2) is 14.2. The van der Waals surface area contributed by atoms with Crippen LogP contribution in [0.25, 0.3) is 0 Å². The molecule has 2 nitrogen and oxygen atoms in total. The zero-order chi connectivity index (χ0) is 15.8. The van der Waals surface area contributed by atoms with Gasteiger partial charge in [-0.1, -0.05) is 64.5 Å². The van der Waals surface area contributed by atoms with Crippen LogP contribution < -0.4 is 0 Å². The van der Waals surface area contributed by atoms with Gasteiger partial charge >= 0.3 is 8.56 Å². The lowest BCUT2D eigenvalue weighted by atomic mass is 10.2. The number of hydrogen-bond donors (Lipinski definition) is 0. The standard InChI is InChI=1S/C18H36O2Si/c1-5-7-9-11-13-15-17-19-21(3,4)20-18-16-14-12-10-8-6-2/h15-18H,5-14H2,1-4H3. The van der Waals surface area contributed by atoms with Gasteiger partial charge in [0.1, 0.15) is 0 Å². The van der Waals surface area contributed by atoms with E-state index in [2.05, 4.69) is 39.1 Å². The van der Waals surface area contributed by atoms with Gasteiger partial charge in [-0.15, -0.1) is 0 Å². The van der Waals surface area contributed by atoms with Gasteiger partial charge in [-0.25, -0.2) is 0 Å². The van der Waals surface area contributed by atoms with Crippen LogP contribution in [0.3, 0.4) is 0 Å². The van der Waals surface area contributed by atoms with Gasteiger partial charge in [-0.2, -0.15) is 0 Å². The highest BCUT2D eigenvalue weighted by Crippen LogP contribution is 2.10. The summed E-state index contributed by atoms with van der Waals surface area (Å²) in [5.41, 5.74) is 0. The summed E-state index contributed by atoms with van der Waals surface area (Å²) < 4.78 is 11.5. The summed E-state index contributed by atoms with van der Waals surface area (Å²) in [5.74, 6) is 0. The van der Waals surface area contributed by atoms with Gasteiger partial charge in [0.05, 0.1) is 12.5 Å². The summed E-state index contributed by atoms with van der Waals surface area (Å²) in [5, 5.41) is 0. The fraction of sp³-hybridized carbons (Fsp3) is 0.778. The first-order valence-corrected chi connectivity index (χ1v) is 11.6. The maximum absolute atomic E-state index is 5.77. The predicted octanol–water partition coefficient (Wildman–Crippen LogP) is 6.69. The average Bonchev–Trinajstić information content (AvgIpc) is 2.45. The van der Waals surface area contributed by atoms with E-state index >= 15 is 0 Å². The van der Waals surface area contributed by atoms with Gasteiger partial charge in [0, 0.05) is 13.1 Å². The van der Waals surface area contributed by atoms with E-state index in [9.17, 15) is 0 Å². The molecule has 3 heteroatoms. The Morgan fingerprint density at radius 1 is 0.667 bits per heavy atom. The molecule has 0 saturated carbocycles. The fourth-order valence-electron chi connectivity index (χ4n) is 1.97. The third-order valence-corrected chi connectivity index (χ3v) is 4.75. The van der Waals surface area contributed by atoms with Crippen molar-refractivity contribution >= 4 is 8.56 Å². The number of hydrogen-bond acceptors (Lipinski definition) is 2. The molecule has 0 aliphatic carbocycles. The van der Waals surface area contributed by atoms with E-state index in [0.29, 0.717) is 0 Å². The number of allylic oxidation sites excluding steroid dienone is 2. The van der Waals surface area contributed by atoms with Crippen molar-refractivity contribution in [1.29, 1.82) is 0 Å².